The second kappa shape index (κ2) is 9.14. The fraction of sp³-hybridized carbons (Fsp3) is 0.400. The Bertz CT molecular complexity index is 638. The first kappa shape index (κ1) is 18.1. The Morgan fingerprint density at radius 2 is 2.33 bits per heavy atom. The van der Waals surface area contributed by atoms with E-state index >= 15 is 0 Å². The monoisotopic (exact) mass is 351 g/mol. The highest BCUT2D eigenvalue weighted by Gasteiger charge is 2.17. The maximum Gasteiger partial charge on any atom is 0.317 e. The average molecular weight is 351 g/mol. The molecule has 1 atom stereocenters. The number of aromatic amines is 1. The lowest BCUT2D eigenvalue weighted by Gasteiger charge is -2.24. The number of aliphatic hydroxyl groups excluding tert-OH is 1. The van der Waals surface area contributed by atoms with Gasteiger partial charge in [0.2, 0.25) is 0 Å². The SMILES string of the molecule is CCN(C[C@H](O)c1cccc(O)c1)C(=O)NCCSc1ncn[nH]1. The fourth-order valence-corrected chi connectivity index (χ4v) is 2.72. The second-order valence-corrected chi connectivity index (χ2v) is 6.10. The fourth-order valence-electron chi connectivity index (χ4n) is 2.08. The van der Waals surface area contributed by atoms with Gasteiger partial charge in [-0.15, -0.1) is 0 Å². The minimum absolute atomic E-state index is 0.0866. The Balaban J connectivity index is 1.78. The average Bonchev–Trinajstić information content (AvgIpc) is 3.09. The first-order valence-corrected chi connectivity index (χ1v) is 8.56. The van der Waals surface area contributed by atoms with E-state index in [1.807, 2.05) is 6.92 Å². The van der Waals surface area contributed by atoms with Gasteiger partial charge >= 0.3 is 6.03 Å². The molecule has 9 heteroatoms. The summed E-state index contributed by atoms with van der Waals surface area (Å²) < 4.78 is 0. The molecule has 4 N–H and O–H groups in total. The molecule has 0 saturated heterocycles. The molecule has 0 spiro atoms. The first-order valence-electron chi connectivity index (χ1n) is 7.58. The maximum absolute atomic E-state index is 12.2. The van der Waals surface area contributed by atoms with E-state index in [1.165, 1.54) is 35.1 Å². The van der Waals surface area contributed by atoms with E-state index in [1.54, 1.807) is 12.1 Å². The Labute approximate surface area is 144 Å². The van der Waals surface area contributed by atoms with Crippen molar-refractivity contribution in [3.63, 3.8) is 0 Å². The van der Waals surface area contributed by atoms with Gasteiger partial charge in [0.1, 0.15) is 12.1 Å². The van der Waals surface area contributed by atoms with Crippen LogP contribution in [0.3, 0.4) is 0 Å². The number of amides is 2. The number of thioether (sulfide) groups is 1. The number of carbonyl (C=O) groups excluding carboxylic acids is 1. The smallest absolute Gasteiger partial charge is 0.317 e. The van der Waals surface area contributed by atoms with Crippen LogP contribution in [-0.2, 0) is 0 Å². The highest BCUT2D eigenvalue weighted by Crippen LogP contribution is 2.19. The predicted molar refractivity (Wildman–Crippen MR) is 90.8 cm³/mol. The Morgan fingerprint density at radius 3 is 3.00 bits per heavy atom. The maximum atomic E-state index is 12.2. The van der Waals surface area contributed by atoms with Crippen molar-refractivity contribution in [2.24, 2.45) is 0 Å². The number of rotatable bonds is 8. The van der Waals surface area contributed by atoms with E-state index in [4.69, 9.17) is 0 Å². The van der Waals surface area contributed by atoms with Crippen molar-refractivity contribution in [1.82, 2.24) is 25.4 Å². The Hall–Kier alpha value is -2.26. The van der Waals surface area contributed by atoms with E-state index in [-0.39, 0.29) is 18.3 Å². The van der Waals surface area contributed by atoms with Gasteiger partial charge in [-0.25, -0.2) is 9.78 Å². The number of phenols is 1. The van der Waals surface area contributed by atoms with Crippen molar-refractivity contribution < 1.29 is 15.0 Å². The van der Waals surface area contributed by atoms with Crippen LogP contribution in [0.2, 0.25) is 0 Å². The van der Waals surface area contributed by atoms with Crippen molar-refractivity contribution in [1.29, 1.82) is 0 Å². The molecule has 1 heterocycles. The van der Waals surface area contributed by atoms with Gasteiger partial charge in [-0.3, -0.25) is 5.10 Å². The molecular weight excluding hydrogens is 330 g/mol. The number of likely N-dealkylation sites (N-methyl/N-ethyl adjacent to an activating group) is 1. The summed E-state index contributed by atoms with van der Waals surface area (Å²) >= 11 is 1.46. The van der Waals surface area contributed by atoms with Crippen molar-refractivity contribution in [2.75, 3.05) is 25.4 Å². The quantitative estimate of drug-likeness (QED) is 0.422. The molecule has 0 aliphatic heterocycles. The Kier molecular flexibility index (Phi) is 6.89. The number of urea groups is 1. The van der Waals surface area contributed by atoms with E-state index in [2.05, 4.69) is 20.5 Å². The third-order valence-corrected chi connectivity index (χ3v) is 4.21. The van der Waals surface area contributed by atoms with E-state index in [0.717, 1.165) is 0 Å². The molecule has 0 aliphatic carbocycles. The van der Waals surface area contributed by atoms with Crippen LogP contribution in [0.15, 0.2) is 35.7 Å². The van der Waals surface area contributed by atoms with Crippen molar-refractivity contribution in [2.45, 2.75) is 18.2 Å². The zero-order chi connectivity index (χ0) is 17.4. The zero-order valence-electron chi connectivity index (χ0n) is 13.3. The van der Waals surface area contributed by atoms with Crippen molar-refractivity contribution in [3.05, 3.63) is 36.2 Å². The van der Waals surface area contributed by atoms with Gasteiger partial charge in [-0.2, -0.15) is 5.10 Å². The standard InChI is InChI=1S/C15H21N5O3S/c1-2-20(9-13(22)11-4-3-5-12(21)8-11)15(23)16-6-7-24-14-17-10-18-19-14/h3-5,8,10,13,21-22H,2,6-7,9H2,1H3,(H,16,23)(H,17,18,19)/t13-/m0/s1. The summed E-state index contributed by atoms with van der Waals surface area (Å²) in [5.41, 5.74) is 0.571. The molecular formula is C15H21N5O3S. The topological polar surface area (TPSA) is 114 Å². The molecule has 0 aliphatic rings. The highest BCUT2D eigenvalue weighted by molar-refractivity contribution is 7.99. The molecule has 2 amide bonds. The molecule has 2 rings (SSSR count). The van der Waals surface area contributed by atoms with Crippen LogP contribution in [0.4, 0.5) is 4.79 Å². The van der Waals surface area contributed by atoms with E-state index in [0.29, 0.717) is 29.6 Å². The molecule has 24 heavy (non-hydrogen) atoms. The lowest BCUT2D eigenvalue weighted by molar-refractivity contribution is 0.123. The summed E-state index contributed by atoms with van der Waals surface area (Å²) in [6.07, 6.45) is 0.578. The molecule has 0 fully saturated rings. The zero-order valence-corrected chi connectivity index (χ0v) is 14.2. The number of aliphatic hydroxyl groups is 1. The summed E-state index contributed by atoms with van der Waals surface area (Å²) in [6.45, 7) is 2.94. The number of nitrogens with one attached hydrogen (secondary N) is 2. The number of benzene rings is 1. The van der Waals surface area contributed by atoms with Gasteiger partial charge < -0.3 is 20.4 Å². The molecule has 0 bridgehead atoms. The van der Waals surface area contributed by atoms with Crippen LogP contribution >= 0.6 is 11.8 Å². The molecule has 0 saturated carbocycles. The van der Waals surface area contributed by atoms with Crippen LogP contribution in [-0.4, -0.2) is 61.7 Å². The normalized spacial score (nSPS) is 11.9. The minimum atomic E-state index is -0.855. The molecule has 130 valence electrons. The Morgan fingerprint density at radius 1 is 1.50 bits per heavy atom. The van der Waals surface area contributed by atoms with Crippen LogP contribution < -0.4 is 5.32 Å². The molecule has 1 aromatic heterocycles. The van der Waals surface area contributed by atoms with Gasteiger partial charge in [-0.1, -0.05) is 23.9 Å². The van der Waals surface area contributed by atoms with Gasteiger partial charge in [0.25, 0.3) is 0 Å². The van der Waals surface area contributed by atoms with Crippen LogP contribution in [0.1, 0.15) is 18.6 Å². The van der Waals surface area contributed by atoms with Crippen LogP contribution in [0.5, 0.6) is 5.75 Å². The van der Waals surface area contributed by atoms with Crippen molar-refractivity contribution in [3.8, 4) is 5.75 Å². The summed E-state index contributed by atoms with van der Waals surface area (Å²) in [5, 5.41) is 29.7. The van der Waals surface area contributed by atoms with Crippen LogP contribution in [0.25, 0.3) is 0 Å². The molecule has 1 aromatic carbocycles. The van der Waals surface area contributed by atoms with Gasteiger partial charge in [-0.05, 0) is 24.6 Å². The first-order chi connectivity index (χ1) is 11.6. The number of carbonyl (C=O) groups is 1. The van der Waals surface area contributed by atoms with Gasteiger partial charge in [0, 0.05) is 18.8 Å². The van der Waals surface area contributed by atoms with Gasteiger partial charge in [0.15, 0.2) is 5.16 Å². The number of aromatic nitrogens is 3. The van der Waals surface area contributed by atoms with E-state index < -0.39 is 6.10 Å². The minimum Gasteiger partial charge on any atom is -0.508 e. The molecule has 2 aromatic rings. The molecule has 8 nitrogen and oxygen atoms in total. The third-order valence-electron chi connectivity index (χ3n) is 3.33. The van der Waals surface area contributed by atoms with Gasteiger partial charge in [0.05, 0.1) is 12.6 Å². The van der Waals surface area contributed by atoms with E-state index in [9.17, 15) is 15.0 Å². The number of hydrogen-bond acceptors (Lipinski definition) is 6. The van der Waals surface area contributed by atoms with Crippen molar-refractivity contribution >= 4 is 17.8 Å². The lowest BCUT2D eigenvalue weighted by atomic mass is 10.1. The largest absolute Gasteiger partial charge is 0.508 e. The number of hydrogen-bond donors (Lipinski definition) is 4. The predicted octanol–water partition coefficient (Wildman–Crippen LogP) is 1.37. The summed E-state index contributed by atoms with van der Waals surface area (Å²) in [4.78, 5) is 17.7. The highest BCUT2D eigenvalue weighted by atomic mass is 32.2. The molecule has 0 radical (unpaired) electrons. The molecule has 0 unspecified atom stereocenters. The number of nitrogens with zero attached hydrogens (tertiary/aromatic N) is 3. The summed E-state index contributed by atoms with van der Waals surface area (Å²) in [6, 6.07) is 6.15. The van der Waals surface area contributed by atoms with Crippen LogP contribution in [0, 0.1) is 0 Å². The number of aromatic hydroxyl groups is 1. The summed E-state index contributed by atoms with van der Waals surface area (Å²) in [5.74, 6) is 0.747. The second-order valence-electron chi connectivity index (χ2n) is 5.02. The summed E-state index contributed by atoms with van der Waals surface area (Å²) in [7, 11) is 0. The third kappa shape index (κ3) is 5.43. The lowest BCUT2D eigenvalue weighted by Crippen LogP contribution is -2.42. The number of phenolic OH excluding ortho intramolecular Hbond substituents is 1. The number of H-pyrrole nitrogens is 1.